The Hall–Kier alpha value is 0.560. The molecule has 0 aromatic rings. The molecule has 1 aliphatic carbocycles. The van der Waals surface area contributed by atoms with Gasteiger partial charge in [-0.3, -0.25) is 0 Å². The molecule has 1 rings (SSSR count). The van der Waals surface area contributed by atoms with Gasteiger partial charge in [0.2, 0.25) is 0 Å². The van der Waals surface area contributed by atoms with Crippen LogP contribution < -0.4 is 5.73 Å². The van der Waals surface area contributed by atoms with Gasteiger partial charge in [0.15, 0.2) is 0 Å². The molecule has 0 aromatic carbocycles. The van der Waals surface area contributed by atoms with E-state index in [1.54, 1.807) is 0 Å². The van der Waals surface area contributed by atoms with Crippen molar-refractivity contribution in [3.05, 3.63) is 0 Å². The zero-order chi connectivity index (χ0) is 12.4. The molecule has 1 saturated carbocycles. The summed E-state index contributed by atoms with van der Waals surface area (Å²) in [7, 11) is 0. The molecule has 0 spiro atoms. The molecule has 0 aliphatic heterocycles. The molecule has 2 nitrogen and oxygen atoms in total. The number of rotatable bonds is 4. The van der Waals surface area contributed by atoms with E-state index in [1.807, 2.05) is 0 Å². The highest BCUT2D eigenvalue weighted by Gasteiger charge is 2.06. The van der Waals surface area contributed by atoms with Gasteiger partial charge in [0, 0.05) is 11.8 Å². The van der Waals surface area contributed by atoms with Crippen molar-refractivity contribution in [2.45, 2.75) is 70.9 Å². The number of aliphatic hydroxyl groups excluding tert-OH is 1. The van der Waals surface area contributed by atoms with Crippen LogP contribution in [0.25, 0.3) is 0 Å². The van der Waals surface area contributed by atoms with Gasteiger partial charge in [0.1, 0.15) is 0 Å². The fourth-order valence-electron chi connectivity index (χ4n) is 1.75. The van der Waals surface area contributed by atoms with E-state index in [0.29, 0.717) is 17.7 Å². The van der Waals surface area contributed by atoms with E-state index < -0.39 is 0 Å². The minimum absolute atomic E-state index is 0. The zero-order valence-electron chi connectivity index (χ0n) is 11.3. The third kappa shape index (κ3) is 14.5. The summed E-state index contributed by atoms with van der Waals surface area (Å²) >= 11 is 3.97. The van der Waals surface area contributed by atoms with Gasteiger partial charge >= 0.3 is 0 Å². The predicted octanol–water partition coefficient (Wildman–Crippen LogP) is 3.41. The van der Waals surface area contributed by atoms with Crippen LogP contribution in [-0.4, -0.2) is 23.0 Å². The van der Waals surface area contributed by atoms with Crippen molar-refractivity contribution in [1.82, 2.24) is 0 Å². The van der Waals surface area contributed by atoms with Gasteiger partial charge in [0.25, 0.3) is 0 Å². The lowest BCUT2D eigenvalue weighted by molar-refractivity contribution is 0.181. The minimum Gasteiger partial charge on any atom is -0.392 e. The minimum atomic E-state index is -0.198. The van der Waals surface area contributed by atoms with Gasteiger partial charge in [-0.1, -0.05) is 33.1 Å². The fraction of sp³-hybridized carbons (Fsp3) is 1.00. The van der Waals surface area contributed by atoms with Crippen LogP contribution in [0.3, 0.4) is 0 Å². The molecule has 4 heteroatoms. The first-order chi connectivity index (χ1) is 7.56. The maximum Gasteiger partial charge on any atom is 0.0628 e. The molecule has 1 aliphatic rings. The standard InChI is InChI=1S/C7H16OS.C6H13N.ClH/c1-6(2)3-4-7(8)5-9;7-6-4-2-1-3-5-6;/h6-9H,3-5H2,1-2H3;6H,1-5,7H2;1H. The Kier molecular flexibility index (Phi) is 15.2. The summed E-state index contributed by atoms with van der Waals surface area (Å²) in [5, 5.41) is 9.03. The Morgan fingerprint density at radius 1 is 1.18 bits per heavy atom. The van der Waals surface area contributed by atoms with Gasteiger partial charge in [0.05, 0.1) is 6.10 Å². The van der Waals surface area contributed by atoms with E-state index in [4.69, 9.17) is 10.8 Å². The molecule has 0 aromatic heterocycles. The summed E-state index contributed by atoms with van der Waals surface area (Å²) in [5.74, 6) is 1.28. The van der Waals surface area contributed by atoms with E-state index in [1.165, 1.54) is 32.1 Å². The molecule has 1 fully saturated rings. The highest BCUT2D eigenvalue weighted by molar-refractivity contribution is 7.80. The number of halogens is 1. The number of nitrogens with two attached hydrogens (primary N) is 1. The lowest BCUT2D eigenvalue weighted by Gasteiger charge is -2.15. The third-order valence-electron chi connectivity index (χ3n) is 2.94. The van der Waals surface area contributed by atoms with Gasteiger partial charge < -0.3 is 10.8 Å². The van der Waals surface area contributed by atoms with Crippen LogP contribution in [0.1, 0.15) is 58.8 Å². The molecule has 0 heterocycles. The van der Waals surface area contributed by atoms with Gasteiger partial charge in [-0.2, -0.15) is 12.6 Å². The average molecular weight is 284 g/mol. The molecular weight excluding hydrogens is 254 g/mol. The maximum atomic E-state index is 9.03. The van der Waals surface area contributed by atoms with Gasteiger partial charge in [-0.05, 0) is 31.6 Å². The van der Waals surface area contributed by atoms with Crippen molar-refractivity contribution in [1.29, 1.82) is 0 Å². The van der Waals surface area contributed by atoms with Gasteiger partial charge in [-0.15, -0.1) is 12.4 Å². The number of hydrogen-bond acceptors (Lipinski definition) is 3. The molecule has 106 valence electrons. The number of thiol groups is 1. The van der Waals surface area contributed by atoms with E-state index in [2.05, 4.69) is 26.5 Å². The number of hydrogen-bond donors (Lipinski definition) is 3. The van der Waals surface area contributed by atoms with Crippen LogP contribution in [0, 0.1) is 5.92 Å². The van der Waals surface area contributed by atoms with Crippen LogP contribution in [0.4, 0.5) is 0 Å². The summed E-state index contributed by atoms with van der Waals surface area (Å²) in [5.41, 5.74) is 5.63. The SMILES string of the molecule is CC(C)CCC(O)CS.Cl.NC1CCCCC1. The van der Waals surface area contributed by atoms with Crippen molar-refractivity contribution >= 4 is 25.0 Å². The quantitative estimate of drug-likeness (QED) is 0.693. The fourth-order valence-corrected chi connectivity index (χ4v) is 1.93. The molecule has 3 N–H and O–H groups in total. The predicted molar refractivity (Wildman–Crippen MR) is 82.2 cm³/mol. The van der Waals surface area contributed by atoms with E-state index in [9.17, 15) is 0 Å². The Balaban J connectivity index is 0. The third-order valence-corrected chi connectivity index (χ3v) is 3.36. The summed E-state index contributed by atoms with van der Waals surface area (Å²) in [4.78, 5) is 0. The van der Waals surface area contributed by atoms with Crippen molar-refractivity contribution in [2.24, 2.45) is 11.7 Å². The lowest BCUT2D eigenvalue weighted by Crippen LogP contribution is -2.22. The van der Waals surface area contributed by atoms with Gasteiger partial charge in [-0.25, -0.2) is 0 Å². The zero-order valence-corrected chi connectivity index (χ0v) is 13.0. The first kappa shape index (κ1) is 19.9. The first-order valence-electron chi connectivity index (χ1n) is 6.60. The van der Waals surface area contributed by atoms with E-state index >= 15 is 0 Å². The lowest BCUT2D eigenvalue weighted by atomic mass is 9.97. The van der Waals surface area contributed by atoms with E-state index in [0.717, 1.165) is 12.8 Å². The molecule has 0 bridgehead atoms. The Morgan fingerprint density at radius 2 is 1.71 bits per heavy atom. The largest absolute Gasteiger partial charge is 0.392 e. The molecule has 17 heavy (non-hydrogen) atoms. The summed E-state index contributed by atoms with van der Waals surface area (Å²) in [6, 6.07) is 0.536. The second-order valence-corrected chi connectivity index (χ2v) is 5.57. The Bertz CT molecular complexity index is 152. The van der Waals surface area contributed by atoms with Crippen molar-refractivity contribution in [3.8, 4) is 0 Å². The monoisotopic (exact) mass is 283 g/mol. The van der Waals surface area contributed by atoms with Crippen LogP contribution >= 0.6 is 25.0 Å². The maximum absolute atomic E-state index is 9.03. The average Bonchev–Trinajstić information content (AvgIpc) is 2.27. The van der Waals surface area contributed by atoms with Crippen LogP contribution in [-0.2, 0) is 0 Å². The Morgan fingerprint density at radius 3 is 2.00 bits per heavy atom. The normalized spacial score (nSPS) is 18.0. The first-order valence-corrected chi connectivity index (χ1v) is 7.24. The summed E-state index contributed by atoms with van der Waals surface area (Å²) < 4.78 is 0. The topological polar surface area (TPSA) is 46.2 Å². The van der Waals surface area contributed by atoms with Crippen molar-refractivity contribution in [2.75, 3.05) is 5.75 Å². The second-order valence-electron chi connectivity index (χ2n) is 5.21. The smallest absolute Gasteiger partial charge is 0.0628 e. The number of aliphatic hydroxyl groups is 1. The molecule has 0 radical (unpaired) electrons. The van der Waals surface area contributed by atoms with Crippen LogP contribution in [0.5, 0.6) is 0 Å². The van der Waals surface area contributed by atoms with Crippen molar-refractivity contribution in [3.63, 3.8) is 0 Å². The molecule has 1 atom stereocenters. The Labute approximate surface area is 119 Å². The summed E-state index contributed by atoms with van der Waals surface area (Å²) in [6.07, 6.45) is 8.45. The highest BCUT2D eigenvalue weighted by Crippen LogP contribution is 2.14. The van der Waals surface area contributed by atoms with Crippen molar-refractivity contribution < 1.29 is 5.11 Å². The second kappa shape index (κ2) is 13.0. The molecular formula is C13H30ClNOS. The molecule has 1 unspecified atom stereocenters. The molecule has 0 amide bonds. The highest BCUT2D eigenvalue weighted by atomic mass is 35.5. The molecule has 0 saturated heterocycles. The van der Waals surface area contributed by atoms with Crippen LogP contribution in [0.2, 0.25) is 0 Å². The van der Waals surface area contributed by atoms with E-state index in [-0.39, 0.29) is 18.5 Å². The summed E-state index contributed by atoms with van der Waals surface area (Å²) in [6.45, 7) is 4.32. The van der Waals surface area contributed by atoms with Crippen LogP contribution in [0.15, 0.2) is 0 Å².